The molecule has 1 amide bonds. The second-order valence-electron chi connectivity index (χ2n) is 8.61. The van der Waals surface area contributed by atoms with Gasteiger partial charge in [0.25, 0.3) is 5.91 Å². The van der Waals surface area contributed by atoms with Crippen molar-refractivity contribution in [3.05, 3.63) is 53.8 Å². The number of para-hydroxylation sites is 1. The van der Waals surface area contributed by atoms with E-state index >= 15 is 0 Å². The van der Waals surface area contributed by atoms with Crippen LogP contribution in [0.4, 0.5) is 9.52 Å². The van der Waals surface area contributed by atoms with Gasteiger partial charge < -0.3 is 14.4 Å². The summed E-state index contributed by atoms with van der Waals surface area (Å²) in [6.45, 7) is 1.96. The number of thiazole rings is 1. The molecule has 3 rings (SSSR count). The molecule has 9 nitrogen and oxygen atoms in total. The Morgan fingerprint density at radius 3 is 2.19 bits per heavy atom. The molecule has 0 radical (unpaired) electrons. The van der Waals surface area contributed by atoms with Crippen molar-refractivity contribution in [1.29, 1.82) is 0 Å². The number of benzene rings is 2. The standard InChI is InChI=1S/C25H33FN4O5S2/c1-28(2)13-6-14-30(25-27-23-21(26)7-5-8-22(23)36-25)24(31)19-9-11-20(12-10-19)37(32,33)29(15-17-34-3)16-18-35-4/h5,7-12H,6,13-18H2,1-4H3. The van der Waals surface area contributed by atoms with Gasteiger partial charge in [0.15, 0.2) is 5.13 Å². The van der Waals surface area contributed by atoms with Gasteiger partial charge in [0.2, 0.25) is 10.0 Å². The van der Waals surface area contributed by atoms with Crippen molar-refractivity contribution in [3.8, 4) is 0 Å². The van der Waals surface area contributed by atoms with Crippen molar-refractivity contribution in [2.75, 3.05) is 72.6 Å². The average molecular weight is 553 g/mol. The highest BCUT2D eigenvalue weighted by Crippen LogP contribution is 2.31. The minimum Gasteiger partial charge on any atom is -0.383 e. The van der Waals surface area contributed by atoms with Crippen LogP contribution < -0.4 is 4.90 Å². The van der Waals surface area contributed by atoms with Gasteiger partial charge >= 0.3 is 0 Å². The van der Waals surface area contributed by atoms with Crippen LogP contribution in [0.15, 0.2) is 47.4 Å². The summed E-state index contributed by atoms with van der Waals surface area (Å²) in [5.74, 6) is -0.778. The fraction of sp³-hybridized carbons (Fsp3) is 0.440. The summed E-state index contributed by atoms with van der Waals surface area (Å²) in [6.07, 6.45) is 0.678. The summed E-state index contributed by atoms with van der Waals surface area (Å²) in [6, 6.07) is 10.5. The molecule has 2 aromatic carbocycles. The lowest BCUT2D eigenvalue weighted by Gasteiger charge is -2.22. The van der Waals surface area contributed by atoms with Gasteiger partial charge in [-0.05, 0) is 63.5 Å². The van der Waals surface area contributed by atoms with Crippen LogP contribution in [-0.2, 0) is 19.5 Å². The number of ether oxygens (including phenoxy) is 2. The van der Waals surface area contributed by atoms with Crippen molar-refractivity contribution in [2.45, 2.75) is 11.3 Å². The monoisotopic (exact) mass is 552 g/mol. The predicted molar refractivity (Wildman–Crippen MR) is 143 cm³/mol. The highest BCUT2D eigenvalue weighted by atomic mass is 32.2. The van der Waals surface area contributed by atoms with E-state index in [2.05, 4.69) is 4.98 Å². The Hall–Kier alpha value is -2.48. The molecule has 0 spiro atoms. The second-order valence-corrected chi connectivity index (χ2v) is 11.6. The van der Waals surface area contributed by atoms with Crippen LogP contribution in [0.5, 0.6) is 0 Å². The van der Waals surface area contributed by atoms with E-state index in [1.807, 2.05) is 19.0 Å². The topological polar surface area (TPSA) is 92.3 Å². The quantitative estimate of drug-likeness (QED) is 0.303. The third kappa shape index (κ3) is 7.30. The predicted octanol–water partition coefficient (Wildman–Crippen LogP) is 3.32. The summed E-state index contributed by atoms with van der Waals surface area (Å²) in [5, 5.41) is 0.394. The van der Waals surface area contributed by atoms with Crippen LogP contribution in [-0.4, -0.2) is 96.2 Å². The molecule has 0 N–H and O–H groups in total. The highest BCUT2D eigenvalue weighted by Gasteiger charge is 2.26. The Labute approximate surface area is 221 Å². The molecule has 0 bridgehead atoms. The number of anilines is 1. The Bertz CT molecular complexity index is 1270. The largest absolute Gasteiger partial charge is 0.383 e. The first-order chi connectivity index (χ1) is 17.7. The van der Waals surface area contributed by atoms with Crippen molar-refractivity contribution in [2.24, 2.45) is 0 Å². The number of carbonyl (C=O) groups is 1. The lowest BCUT2D eigenvalue weighted by molar-refractivity contribution is 0.0986. The number of methoxy groups -OCH3 is 2. The summed E-state index contributed by atoms with van der Waals surface area (Å²) >= 11 is 1.24. The first-order valence-corrected chi connectivity index (χ1v) is 14.0. The molecule has 3 aromatic rings. The maximum absolute atomic E-state index is 14.3. The van der Waals surface area contributed by atoms with Gasteiger partial charge in [-0.2, -0.15) is 4.31 Å². The molecule has 0 unspecified atom stereocenters. The lowest BCUT2D eigenvalue weighted by Crippen LogP contribution is -2.36. The second kappa shape index (κ2) is 13.4. The third-order valence-corrected chi connectivity index (χ3v) is 8.61. The molecule has 37 heavy (non-hydrogen) atoms. The molecule has 1 aromatic heterocycles. The number of nitrogens with zero attached hydrogens (tertiary/aromatic N) is 4. The molecule has 1 heterocycles. The van der Waals surface area contributed by atoms with Crippen LogP contribution in [0, 0.1) is 5.82 Å². The maximum Gasteiger partial charge on any atom is 0.260 e. The van der Waals surface area contributed by atoms with Crippen LogP contribution in [0.25, 0.3) is 10.2 Å². The Balaban J connectivity index is 1.89. The SMILES string of the molecule is COCCN(CCOC)S(=O)(=O)c1ccc(C(=O)N(CCCN(C)C)c2nc3c(F)cccc3s2)cc1. The third-order valence-electron chi connectivity index (χ3n) is 5.65. The fourth-order valence-electron chi connectivity index (χ4n) is 3.66. The van der Waals surface area contributed by atoms with E-state index in [-0.39, 0.29) is 42.6 Å². The van der Waals surface area contributed by atoms with Gasteiger partial charge in [-0.15, -0.1) is 0 Å². The van der Waals surface area contributed by atoms with Crippen molar-refractivity contribution >= 4 is 42.6 Å². The van der Waals surface area contributed by atoms with Gasteiger partial charge in [0.05, 0.1) is 22.8 Å². The number of amides is 1. The van der Waals surface area contributed by atoms with Crippen molar-refractivity contribution in [1.82, 2.24) is 14.2 Å². The van der Waals surface area contributed by atoms with Gasteiger partial charge in [-0.1, -0.05) is 17.4 Å². The number of halogens is 1. The van der Waals surface area contributed by atoms with Crippen LogP contribution in [0.3, 0.4) is 0 Å². The summed E-state index contributed by atoms with van der Waals surface area (Å²) in [7, 11) is 3.09. The molecule has 0 saturated heterocycles. The number of aromatic nitrogens is 1. The number of carbonyl (C=O) groups excluding carboxylic acids is 1. The van der Waals surface area contributed by atoms with E-state index in [1.54, 1.807) is 12.1 Å². The molecular formula is C25H33FN4O5S2. The molecule has 0 saturated carbocycles. The summed E-state index contributed by atoms with van der Waals surface area (Å²) in [5.41, 5.74) is 0.533. The van der Waals surface area contributed by atoms with Gasteiger partial charge in [-0.25, -0.2) is 17.8 Å². The van der Waals surface area contributed by atoms with Crippen molar-refractivity contribution in [3.63, 3.8) is 0 Å². The fourth-order valence-corrected chi connectivity index (χ4v) is 6.07. The Morgan fingerprint density at radius 2 is 1.62 bits per heavy atom. The molecule has 12 heteroatoms. The van der Waals surface area contributed by atoms with E-state index in [0.717, 1.165) is 6.54 Å². The zero-order valence-electron chi connectivity index (χ0n) is 21.5. The zero-order valence-corrected chi connectivity index (χ0v) is 23.1. The zero-order chi connectivity index (χ0) is 27.0. The Morgan fingerprint density at radius 1 is 0.973 bits per heavy atom. The number of hydrogen-bond acceptors (Lipinski definition) is 8. The van der Waals surface area contributed by atoms with Gasteiger partial charge in [0, 0.05) is 39.4 Å². The smallest absolute Gasteiger partial charge is 0.260 e. The summed E-state index contributed by atoms with van der Waals surface area (Å²) < 4.78 is 52.7. The lowest BCUT2D eigenvalue weighted by atomic mass is 10.2. The van der Waals surface area contributed by atoms with Crippen LogP contribution in [0.2, 0.25) is 0 Å². The van der Waals surface area contributed by atoms with E-state index < -0.39 is 15.8 Å². The number of fused-ring (bicyclic) bond motifs is 1. The molecule has 202 valence electrons. The molecule has 0 fully saturated rings. The Kier molecular flexibility index (Phi) is 10.5. The average Bonchev–Trinajstić information content (AvgIpc) is 3.31. The summed E-state index contributed by atoms with van der Waals surface area (Å²) in [4.78, 5) is 21.6. The maximum atomic E-state index is 14.3. The van der Waals surface area contributed by atoms with E-state index in [1.165, 1.54) is 65.1 Å². The number of sulfonamides is 1. The van der Waals surface area contributed by atoms with Gasteiger partial charge in [0.1, 0.15) is 11.3 Å². The van der Waals surface area contributed by atoms with Crippen molar-refractivity contribution < 1.29 is 27.1 Å². The minimum absolute atomic E-state index is 0.0671. The molecule has 0 aliphatic rings. The number of hydrogen-bond donors (Lipinski definition) is 0. The van der Waals surface area contributed by atoms with Gasteiger partial charge in [-0.3, -0.25) is 9.69 Å². The first-order valence-electron chi connectivity index (χ1n) is 11.8. The molecular weight excluding hydrogens is 519 g/mol. The van der Waals surface area contributed by atoms with E-state index in [9.17, 15) is 17.6 Å². The number of rotatable bonds is 14. The minimum atomic E-state index is -3.82. The van der Waals surface area contributed by atoms with E-state index in [4.69, 9.17) is 9.47 Å². The molecule has 0 aliphatic carbocycles. The van der Waals surface area contributed by atoms with Crippen LogP contribution in [0.1, 0.15) is 16.8 Å². The highest BCUT2D eigenvalue weighted by molar-refractivity contribution is 7.89. The van der Waals surface area contributed by atoms with Crippen LogP contribution >= 0.6 is 11.3 Å². The van der Waals surface area contributed by atoms with E-state index in [0.29, 0.717) is 28.4 Å². The molecule has 0 atom stereocenters. The normalized spacial score (nSPS) is 12.1. The first kappa shape index (κ1) is 29.1. The molecule has 0 aliphatic heterocycles.